The van der Waals surface area contributed by atoms with E-state index in [0.717, 1.165) is 64.3 Å². The van der Waals surface area contributed by atoms with Crippen LogP contribution in [-0.4, -0.2) is 56.7 Å². The number of ether oxygens (including phenoxy) is 1. The molecule has 0 aliphatic carbocycles. The van der Waals surface area contributed by atoms with Gasteiger partial charge in [0.15, 0.2) is 0 Å². The summed E-state index contributed by atoms with van der Waals surface area (Å²) in [6, 6.07) is 16.7. The second-order valence-electron chi connectivity index (χ2n) is 7.91. The lowest BCUT2D eigenvalue weighted by Crippen LogP contribution is -2.38. The number of para-hydroxylation sites is 1. The van der Waals surface area contributed by atoms with Crippen LogP contribution in [0.25, 0.3) is 0 Å². The number of nitrogens with zero attached hydrogens (tertiary/aromatic N) is 2. The molecule has 154 valence electrons. The SMILES string of the molecule is O=C(NCCCN1CCOCC1)c1ccc(CN2CCCc3ccccc32)cc1. The van der Waals surface area contributed by atoms with E-state index in [4.69, 9.17) is 4.74 Å². The second kappa shape index (κ2) is 9.90. The normalized spacial score (nSPS) is 17.0. The van der Waals surface area contributed by atoms with Gasteiger partial charge < -0.3 is 15.0 Å². The molecule has 2 aliphatic heterocycles. The van der Waals surface area contributed by atoms with Crippen LogP contribution >= 0.6 is 0 Å². The van der Waals surface area contributed by atoms with Gasteiger partial charge in [-0.3, -0.25) is 9.69 Å². The van der Waals surface area contributed by atoms with Crippen LogP contribution in [0.3, 0.4) is 0 Å². The molecule has 0 radical (unpaired) electrons. The maximum atomic E-state index is 12.4. The van der Waals surface area contributed by atoms with Gasteiger partial charge in [0.25, 0.3) is 5.91 Å². The van der Waals surface area contributed by atoms with Gasteiger partial charge >= 0.3 is 0 Å². The highest BCUT2D eigenvalue weighted by Crippen LogP contribution is 2.28. The molecular weight excluding hydrogens is 362 g/mol. The Morgan fingerprint density at radius 2 is 1.79 bits per heavy atom. The summed E-state index contributed by atoms with van der Waals surface area (Å²) in [7, 11) is 0. The van der Waals surface area contributed by atoms with Gasteiger partial charge in [-0.05, 0) is 55.1 Å². The third-order valence-electron chi connectivity index (χ3n) is 5.84. The number of carbonyl (C=O) groups is 1. The van der Waals surface area contributed by atoms with Gasteiger partial charge in [0.05, 0.1) is 13.2 Å². The predicted molar refractivity (Wildman–Crippen MR) is 116 cm³/mol. The van der Waals surface area contributed by atoms with E-state index < -0.39 is 0 Å². The highest BCUT2D eigenvalue weighted by Gasteiger charge is 2.16. The zero-order valence-corrected chi connectivity index (χ0v) is 17.1. The Bertz CT molecular complexity index is 800. The minimum atomic E-state index is 0.0156. The topological polar surface area (TPSA) is 44.8 Å². The molecule has 2 aromatic rings. The first-order chi connectivity index (χ1) is 14.3. The molecule has 0 aromatic heterocycles. The lowest BCUT2D eigenvalue weighted by Gasteiger charge is -2.31. The predicted octanol–water partition coefficient (Wildman–Crippen LogP) is 3.09. The summed E-state index contributed by atoms with van der Waals surface area (Å²) >= 11 is 0. The van der Waals surface area contributed by atoms with E-state index in [1.54, 1.807) is 0 Å². The zero-order valence-electron chi connectivity index (χ0n) is 17.1. The standard InChI is InChI=1S/C24H31N3O2/c28-24(25-12-4-13-26-15-17-29-18-16-26)22-10-8-20(9-11-22)19-27-14-3-6-21-5-1-2-7-23(21)27/h1-2,5,7-11H,3-4,6,12-19H2,(H,25,28). The van der Waals surface area contributed by atoms with Crippen molar-refractivity contribution in [1.82, 2.24) is 10.2 Å². The minimum Gasteiger partial charge on any atom is -0.379 e. The van der Waals surface area contributed by atoms with Crippen molar-refractivity contribution in [3.05, 3.63) is 65.2 Å². The Kier molecular flexibility index (Phi) is 6.80. The number of hydrogen-bond acceptors (Lipinski definition) is 4. The summed E-state index contributed by atoms with van der Waals surface area (Å²) in [4.78, 5) is 17.2. The van der Waals surface area contributed by atoms with Crippen LogP contribution in [0.2, 0.25) is 0 Å². The van der Waals surface area contributed by atoms with Crippen molar-refractivity contribution in [1.29, 1.82) is 0 Å². The molecule has 1 saturated heterocycles. The summed E-state index contributed by atoms with van der Waals surface area (Å²) in [5.41, 5.74) is 4.76. The summed E-state index contributed by atoms with van der Waals surface area (Å²) in [5.74, 6) is 0.0156. The summed E-state index contributed by atoms with van der Waals surface area (Å²) in [5, 5.41) is 3.05. The summed E-state index contributed by atoms with van der Waals surface area (Å²) in [6.07, 6.45) is 3.33. The Hall–Kier alpha value is -2.37. The number of benzene rings is 2. The molecule has 0 saturated carbocycles. The highest BCUT2D eigenvalue weighted by molar-refractivity contribution is 5.94. The second-order valence-corrected chi connectivity index (χ2v) is 7.91. The first-order valence-electron chi connectivity index (χ1n) is 10.8. The minimum absolute atomic E-state index is 0.0156. The lowest BCUT2D eigenvalue weighted by molar-refractivity contribution is 0.0374. The first kappa shape index (κ1) is 19.9. The molecule has 2 aromatic carbocycles. The largest absolute Gasteiger partial charge is 0.379 e. The Morgan fingerprint density at radius 1 is 1.00 bits per heavy atom. The van der Waals surface area contributed by atoms with Crippen LogP contribution in [0.15, 0.2) is 48.5 Å². The number of morpholine rings is 1. The van der Waals surface area contributed by atoms with E-state index in [1.807, 2.05) is 12.1 Å². The highest BCUT2D eigenvalue weighted by atomic mass is 16.5. The van der Waals surface area contributed by atoms with Crippen LogP contribution in [-0.2, 0) is 17.7 Å². The average Bonchev–Trinajstić information content (AvgIpc) is 2.78. The van der Waals surface area contributed by atoms with Gasteiger partial charge in [-0.2, -0.15) is 0 Å². The molecule has 4 rings (SSSR count). The number of anilines is 1. The monoisotopic (exact) mass is 393 g/mol. The molecule has 29 heavy (non-hydrogen) atoms. The van der Waals surface area contributed by atoms with Crippen molar-refractivity contribution in [3.63, 3.8) is 0 Å². The van der Waals surface area contributed by atoms with Crippen LogP contribution in [0, 0.1) is 0 Å². The molecule has 1 fully saturated rings. The number of fused-ring (bicyclic) bond motifs is 1. The van der Waals surface area contributed by atoms with E-state index in [2.05, 4.69) is 51.5 Å². The maximum Gasteiger partial charge on any atom is 0.251 e. The van der Waals surface area contributed by atoms with E-state index in [0.29, 0.717) is 6.54 Å². The Morgan fingerprint density at radius 3 is 2.62 bits per heavy atom. The van der Waals surface area contributed by atoms with Crippen LogP contribution in [0.4, 0.5) is 5.69 Å². The molecule has 5 heteroatoms. The van der Waals surface area contributed by atoms with Crippen LogP contribution in [0.1, 0.15) is 34.3 Å². The third-order valence-corrected chi connectivity index (χ3v) is 5.84. The third kappa shape index (κ3) is 5.37. The summed E-state index contributed by atoms with van der Waals surface area (Å²) in [6.45, 7) is 7.33. The van der Waals surface area contributed by atoms with Crippen molar-refractivity contribution in [2.75, 3.05) is 50.8 Å². The van der Waals surface area contributed by atoms with Crippen molar-refractivity contribution in [3.8, 4) is 0 Å². The molecule has 0 spiro atoms. The van der Waals surface area contributed by atoms with E-state index in [-0.39, 0.29) is 5.91 Å². The fourth-order valence-corrected chi connectivity index (χ4v) is 4.19. The van der Waals surface area contributed by atoms with E-state index >= 15 is 0 Å². The molecular formula is C24H31N3O2. The molecule has 2 heterocycles. The van der Waals surface area contributed by atoms with Crippen LogP contribution in [0.5, 0.6) is 0 Å². The fourth-order valence-electron chi connectivity index (χ4n) is 4.19. The van der Waals surface area contributed by atoms with Gasteiger partial charge in [-0.15, -0.1) is 0 Å². The van der Waals surface area contributed by atoms with E-state index in [1.165, 1.54) is 23.2 Å². The average molecular weight is 394 g/mol. The van der Waals surface area contributed by atoms with Crippen LogP contribution < -0.4 is 10.2 Å². The van der Waals surface area contributed by atoms with Gasteiger partial charge in [-0.25, -0.2) is 0 Å². The van der Waals surface area contributed by atoms with E-state index in [9.17, 15) is 4.79 Å². The van der Waals surface area contributed by atoms with Crippen molar-refractivity contribution in [2.24, 2.45) is 0 Å². The van der Waals surface area contributed by atoms with Gasteiger partial charge in [0, 0.05) is 44.0 Å². The quantitative estimate of drug-likeness (QED) is 0.735. The van der Waals surface area contributed by atoms with Gasteiger partial charge in [0.2, 0.25) is 0 Å². The molecule has 1 amide bonds. The molecule has 5 nitrogen and oxygen atoms in total. The lowest BCUT2D eigenvalue weighted by atomic mass is 10.0. The Labute approximate surface area is 173 Å². The first-order valence-corrected chi connectivity index (χ1v) is 10.8. The number of rotatable bonds is 7. The van der Waals surface area contributed by atoms with Gasteiger partial charge in [0.1, 0.15) is 0 Å². The number of hydrogen-bond donors (Lipinski definition) is 1. The molecule has 1 N–H and O–H groups in total. The van der Waals surface area contributed by atoms with Crippen molar-refractivity contribution in [2.45, 2.75) is 25.8 Å². The fraction of sp³-hybridized carbons (Fsp3) is 0.458. The number of carbonyl (C=O) groups excluding carboxylic acids is 1. The zero-order chi connectivity index (χ0) is 19.9. The van der Waals surface area contributed by atoms with Crippen molar-refractivity contribution >= 4 is 11.6 Å². The van der Waals surface area contributed by atoms with Gasteiger partial charge in [-0.1, -0.05) is 30.3 Å². The molecule has 0 bridgehead atoms. The molecule has 2 aliphatic rings. The summed E-state index contributed by atoms with van der Waals surface area (Å²) < 4.78 is 5.36. The molecule has 0 unspecified atom stereocenters. The Balaban J connectivity index is 1.25. The number of amides is 1. The van der Waals surface area contributed by atoms with Crippen molar-refractivity contribution < 1.29 is 9.53 Å². The number of aryl methyl sites for hydroxylation is 1. The number of nitrogens with one attached hydrogen (secondary N) is 1. The maximum absolute atomic E-state index is 12.4. The smallest absolute Gasteiger partial charge is 0.251 e. The molecule has 0 atom stereocenters.